The number of aliphatic imine (C=N–C) groups is 2. The van der Waals surface area contributed by atoms with Gasteiger partial charge < -0.3 is 4.90 Å². The molecule has 1 aliphatic carbocycles. The lowest BCUT2D eigenvalue weighted by atomic mass is 9.86. The van der Waals surface area contributed by atoms with Crippen molar-refractivity contribution in [3.05, 3.63) is 35.9 Å². The first-order chi connectivity index (χ1) is 14.5. The van der Waals surface area contributed by atoms with Crippen LogP contribution in [-0.4, -0.2) is 40.6 Å². The number of rotatable bonds is 5. The average molecular weight is 447 g/mol. The standard InChI is InChI=1S/C22H27F6N3/c1-15(2)31-18(14-13-16-9-5-3-6-10-16)29-20(21(23,24)25,22(26,27)28)30-19(31)17-11-7-4-8-12-17/h4,7-8,11-12,15-16H,3,5-6,9-10,13-14H2,1-2H3. The number of halogens is 6. The van der Waals surface area contributed by atoms with Gasteiger partial charge in [-0.1, -0.05) is 62.4 Å². The summed E-state index contributed by atoms with van der Waals surface area (Å²) in [6.45, 7) is 3.42. The largest absolute Gasteiger partial charge is 0.443 e. The van der Waals surface area contributed by atoms with E-state index in [-0.39, 0.29) is 29.6 Å². The van der Waals surface area contributed by atoms with E-state index in [1.807, 2.05) is 0 Å². The van der Waals surface area contributed by atoms with Crippen LogP contribution in [0, 0.1) is 5.92 Å². The second kappa shape index (κ2) is 8.82. The fraction of sp³-hybridized carbons (Fsp3) is 0.636. The van der Waals surface area contributed by atoms with E-state index in [0.717, 1.165) is 32.1 Å². The van der Waals surface area contributed by atoms with Crippen LogP contribution >= 0.6 is 0 Å². The maximum absolute atomic E-state index is 13.9. The Morgan fingerprint density at radius 1 is 0.935 bits per heavy atom. The first-order valence-electron chi connectivity index (χ1n) is 10.6. The van der Waals surface area contributed by atoms with Crippen molar-refractivity contribution >= 4 is 11.7 Å². The van der Waals surface area contributed by atoms with Crippen LogP contribution in [0.5, 0.6) is 0 Å². The molecule has 0 aromatic heterocycles. The lowest BCUT2D eigenvalue weighted by Gasteiger charge is -2.41. The van der Waals surface area contributed by atoms with Gasteiger partial charge in [0.05, 0.1) is 0 Å². The zero-order valence-electron chi connectivity index (χ0n) is 17.6. The summed E-state index contributed by atoms with van der Waals surface area (Å²) in [6.07, 6.45) is -5.80. The summed E-state index contributed by atoms with van der Waals surface area (Å²) in [7, 11) is 0. The molecule has 1 fully saturated rings. The normalized spacial score (nSPS) is 20.6. The van der Waals surface area contributed by atoms with Crippen LogP contribution in [0.15, 0.2) is 40.3 Å². The Hall–Kier alpha value is -2.06. The van der Waals surface area contributed by atoms with Gasteiger partial charge in [-0.15, -0.1) is 0 Å². The van der Waals surface area contributed by atoms with E-state index in [2.05, 4.69) is 9.98 Å². The summed E-state index contributed by atoms with van der Waals surface area (Å²) in [4.78, 5) is 8.03. The average Bonchev–Trinajstić information content (AvgIpc) is 2.71. The topological polar surface area (TPSA) is 28.0 Å². The van der Waals surface area contributed by atoms with Crippen molar-refractivity contribution in [1.82, 2.24) is 4.90 Å². The molecule has 0 radical (unpaired) electrons. The molecule has 0 atom stereocenters. The number of benzene rings is 1. The summed E-state index contributed by atoms with van der Waals surface area (Å²) in [6, 6.07) is 7.29. The minimum Gasteiger partial charge on any atom is -0.312 e. The Labute approximate surface area is 178 Å². The maximum atomic E-state index is 13.9. The Balaban J connectivity index is 2.12. The lowest BCUT2D eigenvalue weighted by Crippen LogP contribution is -2.60. The zero-order chi connectivity index (χ0) is 22.9. The summed E-state index contributed by atoms with van der Waals surface area (Å²) in [5, 5.41) is 0. The van der Waals surface area contributed by atoms with Crippen molar-refractivity contribution in [2.45, 2.75) is 82.9 Å². The van der Waals surface area contributed by atoms with Crippen molar-refractivity contribution in [3.63, 3.8) is 0 Å². The predicted octanol–water partition coefficient (Wildman–Crippen LogP) is 6.74. The van der Waals surface area contributed by atoms with Crippen LogP contribution in [0.2, 0.25) is 0 Å². The molecule has 1 saturated carbocycles. The minimum absolute atomic E-state index is 0.0443. The molecule has 0 bridgehead atoms. The lowest BCUT2D eigenvalue weighted by molar-refractivity contribution is -0.293. The highest BCUT2D eigenvalue weighted by Gasteiger charge is 2.73. The first kappa shape index (κ1) is 23.6. The minimum atomic E-state index is -5.72. The molecule has 172 valence electrons. The number of hydrogen-bond acceptors (Lipinski definition) is 3. The molecule has 0 spiro atoms. The number of amidine groups is 2. The van der Waals surface area contributed by atoms with E-state index < -0.39 is 24.1 Å². The highest BCUT2D eigenvalue weighted by Crippen LogP contribution is 2.49. The van der Waals surface area contributed by atoms with Crippen molar-refractivity contribution in [1.29, 1.82) is 0 Å². The second-order valence-corrected chi connectivity index (χ2v) is 8.50. The van der Waals surface area contributed by atoms with Gasteiger partial charge in [0.25, 0.3) is 0 Å². The van der Waals surface area contributed by atoms with Crippen molar-refractivity contribution in [2.75, 3.05) is 0 Å². The molecule has 9 heteroatoms. The van der Waals surface area contributed by atoms with Gasteiger partial charge in [-0.3, -0.25) is 0 Å². The van der Waals surface area contributed by atoms with Crippen LogP contribution < -0.4 is 0 Å². The zero-order valence-corrected chi connectivity index (χ0v) is 17.6. The van der Waals surface area contributed by atoms with Crippen LogP contribution in [0.4, 0.5) is 26.3 Å². The predicted molar refractivity (Wildman–Crippen MR) is 108 cm³/mol. The molecular weight excluding hydrogens is 420 g/mol. The molecule has 3 rings (SSSR count). The van der Waals surface area contributed by atoms with E-state index in [1.165, 1.54) is 17.0 Å². The number of alkyl halides is 6. The van der Waals surface area contributed by atoms with E-state index in [4.69, 9.17) is 0 Å². The Bertz CT molecular complexity index is 791. The van der Waals surface area contributed by atoms with Gasteiger partial charge in [0.1, 0.15) is 11.7 Å². The summed E-state index contributed by atoms with van der Waals surface area (Å²) < 4.78 is 83.6. The molecule has 2 aliphatic rings. The van der Waals surface area contributed by atoms with Gasteiger partial charge >= 0.3 is 18.0 Å². The fourth-order valence-electron chi connectivity index (χ4n) is 4.33. The summed E-state index contributed by atoms with van der Waals surface area (Å²) in [5.74, 6) is -0.265. The highest BCUT2D eigenvalue weighted by atomic mass is 19.4. The molecule has 0 unspecified atom stereocenters. The van der Waals surface area contributed by atoms with Crippen LogP contribution in [0.25, 0.3) is 0 Å². The van der Waals surface area contributed by atoms with Gasteiger partial charge in [-0.05, 0) is 26.2 Å². The quantitative estimate of drug-likeness (QED) is 0.460. The van der Waals surface area contributed by atoms with Crippen LogP contribution in [0.1, 0.15) is 64.4 Å². The summed E-state index contributed by atoms with van der Waals surface area (Å²) in [5.41, 5.74) is -4.31. The third-order valence-corrected chi connectivity index (χ3v) is 5.90. The third kappa shape index (κ3) is 4.75. The van der Waals surface area contributed by atoms with E-state index >= 15 is 0 Å². The van der Waals surface area contributed by atoms with Crippen molar-refractivity contribution in [3.8, 4) is 0 Å². The van der Waals surface area contributed by atoms with E-state index in [1.54, 1.807) is 32.0 Å². The molecule has 0 saturated heterocycles. The Morgan fingerprint density at radius 3 is 2.03 bits per heavy atom. The van der Waals surface area contributed by atoms with Gasteiger partial charge in [0.2, 0.25) is 0 Å². The smallest absolute Gasteiger partial charge is 0.312 e. The molecular formula is C22H27F6N3. The van der Waals surface area contributed by atoms with E-state index in [9.17, 15) is 26.3 Å². The molecule has 3 nitrogen and oxygen atoms in total. The molecule has 31 heavy (non-hydrogen) atoms. The van der Waals surface area contributed by atoms with Gasteiger partial charge in [0, 0.05) is 18.0 Å². The molecule has 1 heterocycles. The van der Waals surface area contributed by atoms with Gasteiger partial charge in [-0.2, -0.15) is 26.3 Å². The summed E-state index contributed by atoms with van der Waals surface area (Å²) >= 11 is 0. The van der Waals surface area contributed by atoms with Gasteiger partial charge in [-0.25, -0.2) is 9.98 Å². The van der Waals surface area contributed by atoms with E-state index in [0.29, 0.717) is 6.42 Å². The Morgan fingerprint density at radius 2 is 1.52 bits per heavy atom. The highest BCUT2D eigenvalue weighted by molar-refractivity contribution is 6.11. The van der Waals surface area contributed by atoms with Crippen LogP contribution in [-0.2, 0) is 0 Å². The van der Waals surface area contributed by atoms with Crippen molar-refractivity contribution in [2.24, 2.45) is 15.9 Å². The first-order valence-corrected chi connectivity index (χ1v) is 10.6. The fourth-order valence-corrected chi connectivity index (χ4v) is 4.33. The molecule has 0 amide bonds. The maximum Gasteiger partial charge on any atom is 0.443 e. The van der Waals surface area contributed by atoms with Crippen molar-refractivity contribution < 1.29 is 26.3 Å². The number of hydrogen-bond donors (Lipinski definition) is 0. The molecule has 1 aromatic rings. The Kier molecular flexibility index (Phi) is 6.72. The monoisotopic (exact) mass is 447 g/mol. The second-order valence-electron chi connectivity index (χ2n) is 8.50. The SMILES string of the molecule is CC(C)N1C(CCC2CCCCC2)=NC(C(F)(F)F)(C(F)(F)F)N=C1c1ccccc1. The molecule has 0 N–H and O–H groups in total. The molecule has 1 aromatic carbocycles. The molecule has 1 aliphatic heterocycles. The van der Waals surface area contributed by atoms with Crippen LogP contribution in [0.3, 0.4) is 0 Å². The third-order valence-electron chi connectivity index (χ3n) is 5.90. The van der Waals surface area contributed by atoms with Gasteiger partial charge in [0.15, 0.2) is 0 Å². The number of nitrogens with zero attached hydrogens (tertiary/aromatic N) is 3.